The van der Waals surface area contributed by atoms with Crippen LogP contribution in [-0.2, 0) is 13.0 Å². The number of nitrogens with one attached hydrogen (secondary N) is 2. The van der Waals surface area contributed by atoms with Crippen molar-refractivity contribution in [2.45, 2.75) is 64.6 Å². The lowest BCUT2D eigenvalue weighted by molar-refractivity contribution is 0.0922. The van der Waals surface area contributed by atoms with E-state index >= 15 is 0 Å². The minimum atomic E-state index is -0.122. The summed E-state index contributed by atoms with van der Waals surface area (Å²) in [6.07, 6.45) is 4.46. The zero-order valence-corrected chi connectivity index (χ0v) is 19.5. The van der Waals surface area contributed by atoms with Crippen LogP contribution in [0.25, 0.3) is 0 Å². The Hall–Kier alpha value is -3.34. The summed E-state index contributed by atoms with van der Waals surface area (Å²) in [5.41, 5.74) is 4.36. The molecule has 0 saturated heterocycles. The Morgan fingerprint density at radius 1 is 0.818 bits per heavy atom. The number of carbonyl (C=O) groups is 2. The Morgan fingerprint density at radius 2 is 1.36 bits per heavy atom. The second-order valence-electron chi connectivity index (χ2n) is 8.69. The second-order valence-corrected chi connectivity index (χ2v) is 8.69. The number of hydrogen-bond donors (Lipinski definition) is 2. The van der Waals surface area contributed by atoms with Gasteiger partial charge in [0.05, 0.1) is 17.6 Å². The number of rotatable bonds is 8. The minimum absolute atomic E-state index is 0.0577. The van der Waals surface area contributed by atoms with Gasteiger partial charge in [0, 0.05) is 12.2 Å². The van der Waals surface area contributed by atoms with Crippen molar-refractivity contribution in [2.24, 2.45) is 0 Å². The second kappa shape index (κ2) is 10.5. The van der Waals surface area contributed by atoms with Crippen molar-refractivity contribution < 1.29 is 9.59 Å². The zero-order chi connectivity index (χ0) is 23.2. The maximum atomic E-state index is 13.3. The molecule has 2 aromatic carbocycles. The van der Waals surface area contributed by atoms with Crippen molar-refractivity contribution in [3.05, 3.63) is 94.8 Å². The average molecular weight is 444 g/mol. The molecule has 2 N–H and O–H groups in total. The molecule has 4 rings (SSSR count). The van der Waals surface area contributed by atoms with E-state index in [1.165, 1.54) is 0 Å². The first-order chi connectivity index (χ1) is 16.1. The highest BCUT2D eigenvalue weighted by molar-refractivity contribution is 6.01. The van der Waals surface area contributed by atoms with E-state index in [4.69, 9.17) is 0 Å². The molecule has 2 atom stereocenters. The lowest BCUT2D eigenvalue weighted by Gasteiger charge is -2.21. The molecule has 1 aliphatic heterocycles. The van der Waals surface area contributed by atoms with Gasteiger partial charge in [0.15, 0.2) is 0 Å². The van der Waals surface area contributed by atoms with Crippen molar-refractivity contribution in [1.29, 1.82) is 0 Å². The third kappa shape index (κ3) is 5.03. The molecule has 0 fully saturated rings. The van der Waals surface area contributed by atoms with E-state index in [1.807, 2.05) is 60.7 Å². The molecule has 172 valence electrons. The highest BCUT2D eigenvalue weighted by Gasteiger charge is 2.27. The van der Waals surface area contributed by atoms with Crippen LogP contribution in [0.3, 0.4) is 0 Å². The van der Waals surface area contributed by atoms with Crippen LogP contribution in [-0.4, -0.2) is 16.4 Å². The van der Waals surface area contributed by atoms with E-state index in [0.717, 1.165) is 55.5 Å². The first-order valence-electron chi connectivity index (χ1n) is 12.1. The van der Waals surface area contributed by atoms with Gasteiger partial charge in [-0.05, 0) is 49.3 Å². The lowest BCUT2D eigenvalue weighted by Crippen LogP contribution is -2.30. The van der Waals surface area contributed by atoms with Crippen LogP contribution >= 0.6 is 0 Å². The van der Waals surface area contributed by atoms with Crippen LogP contribution in [0.5, 0.6) is 0 Å². The molecule has 0 bridgehead atoms. The topological polar surface area (TPSA) is 63.1 Å². The molecule has 1 aromatic heterocycles. The Labute approximate surface area is 196 Å². The van der Waals surface area contributed by atoms with Gasteiger partial charge in [-0.3, -0.25) is 9.59 Å². The molecule has 0 radical (unpaired) electrons. The molecule has 0 aliphatic carbocycles. The number of aromatic nitrogens is 1. The number of amides is 2. The van der Waals surface area contributed by atoms with Crippen molar-refractivity contribution in [3.8, 4) is 0 Å². The summed E-state index contributed by atoms with van der Waals surface area (Å²) in [5, 5.41) is 6.38. The summed E-state index contributed by atoms with van der Waals surface area (Å²) in [6.45, 7) is 4.91. The molecule has 5 nitrogen and oxygen atoms in total. The van der Waals surface area contributed by atoms with E-state index in [9.17, 15) is 9.59 Å². The molecule has 2 unspecified atom stereocenters. The summed E-state index contributed by atoms with van der Waals surface area (Å²) in [5.74, 6) is -0.228. The molecule has 5 heteroatoms. The number of benzene rings is 2. The Kier molecular flexibility index (Phi) is 7.28. The third-order valence-electron chi connectivity index (χ3n) is 6.56. The number of hydrogen-bond acceptors (Lipinski definition) is 2. The average Bonchev–Trinajstić information content (AvgIpc) is 3.26. The van der Waals surface area contributed by atoms with Crippen LogP contribution in [0, 0.1) is 0 Å². The van der Waals surface area contributed by atoms with Gasteiger partial charge in [0.2, 0.25) is 0 Å². The molecule has 33 heavy (non-hydrogen) atoms. The van der Waals surface area contributed by atoms with E-state index in [2.05, 4.69) is 29.0 Å². The summed E-state index contributed by atoms with van der Waals surface area (Å²) < 4.78 is 2.05. The number of fused-ring (bicyclic) bond motifs is 1. The van der Waals surface area contributed by atoms with Gasteiger partial charge in [-0.2, -0.15) is 0 Å². The van der Waals surface area contributed by atoms with Crippen molar-refractivity contribution in [2.75, 3.05) is 0 Å². The van der Waals surface area contributed by atoms with Gasteiger partial charge < -0.3 is 15.2 Å². The zero-order valence-electron chi connectivity index (χ0n) is 19.5. The van der Waals surface area contributed by atoms with Crippen LogP contribution in [0.2, 0.25) is 0 Å². The van der Waals surface area contributed by atoms with Gasteiger partial charge in [0.25, 0.3) is 11.8 Å². The van der Waals surface area contributed by atoms with Gasteiger partial charge in [-0.1, -0.05) is 74.5 Å². The molecular formula is C28H33N3O2. The predicted molar refractivity (Wildman–Crippen MR) is 131 cm³/mol. The van der Waals surface area contributed by atoms with E-state index in [-0.39, 0.29) is 23.9 Å². The number of nitrogens with zero attached hydrogens (tertiary/aromatic N) is 1. The van der Waals surface area contributed by atoms with E-state index < -0.39 is 0 Å². The van der Waals surface area contributed by atoms with Crippen molar-refractivity contribution in [3.63, 3.8) is 0 Å². The first-order valence-corrected chi connectivity index (χ1v) is 12.1. The largest absolute Gasteiger partial charge is 0.345 e. The standard InChI is InChI=1S/C28H33N3O2/c1-3-23(20-13-7-5-8-14-20)29-27(32)22-19-26(31-18-12-11-17-25(22)31)28(33)30-24(4-2)21-15-9-6-10-16-21/h5-10,13-16,19,23-24H,3-4,11-12,17-18H2,1-2H3,(H,29,32)(H,30,33). The summed E-state index contributed by atoms with van der Waals surface area (Å²) in [4.78, 5) is 26.7. The fourth-order valence-corrected chi connectivity index (χ4v) is 4.74. The SMILES string of the molecule is CCC(NC(=O)c1cc(C(=O)NC(CC)c2ccccc2)n2c1CCCC2)c1ccccc1. The summed E-state index contributed by atoms with van der Waals surface area (Å²) in [7, 11) is 0. The quantitative estimate of drug-likeness (QED) is 0.477. The van der Waals surface area contributed by atoms with Crippen LogP contribution < -0.4 is 10.6 Å². The minimum Gasteiger partial charge on any atom is -0.345 e. The molecular weight excluding hydrogens is 410 g/mol. The molecule has 0 saturated carbocycles. The molecule has 0 spiro atoms. The molecule has 2 amide bonds. The van der Waals surface area contributed by atoms with E-state index in [1.54, 1.807) is 6.07 Å². The third-order valence-corrected chi connectivity index (χ3v) is 6.56. The summed E-state index contributed by atoms with van der Waals surface area (Å²) in [6, 6.07) is 21.7. The Balaban J connectivity index is 1.58. The smallest absolute Gasteiger partial charge is 0.268 e. The van der Waals surface area contributed by atoms with Gasteiger partial charge >= 0.3 is 0 Å². The first kappa shape index (κ1) is 22.8. The molecule has 1 aliphatic rings. The van der Waals surface area contributed by atoms with Crippen molar-refractivity contribution in [1.82, 2.24) is 15.2 Å². The van der Waals surface area contributed by atoms with Crippen LogP contribution in [0.1, 0.15) is 89.3 Å². The molecule has 3 aromatic rings. The highest BCUT2D eigenvalue weighted by atomic mass is 16.2. The van der Waals surface area contributed by atoms with Crippen molar-refractivity contribution >= 4 is 11.8 Å². The fourth-order valence-electron chi connectivity index (χ4n) is 4.74. The predicted octanol–water partition coefficient (Wildman–Crippen LogP) is 5.59. The fraction of sp³-hybridized carbons (Fsp3) is 0.357. The highest BCUT2D eigenvalue weighted by Crippen LogP contribution is 2.26. The van der Waals surface area contributed by atoms with Crippen LogP contribution in [0.4, 0.5) is 0 Å². The van der Waals surface area contributed by atoms with Gasteiger partial charge in [0.1, 0.15) is 5.69 Å². The normalized spacial score (nSPS) is 14.7. The molecule has 2 heterocycles. The van der Waals surface area contributed by atoms with Crippen LogP contribution in [0.15, 0.2) is 66.7 Å². The van der Waals surface area contributed by atoms with Gasteiger partial charge in [-0.15, -0.1) is 0 Å². The summed E-state index contributed by atoms with van der Waals surface area (Å²) >= 11 is 0. The lowest BCUT2D eigenvalue weighted by atomic mass is 10.0. The van der Waals surface area contributed by atoms with Gasteiger partial charge in [-0.25, -0.2) is 0 Å². The van der Waals surface area contributed by atoms with E-state index in [0.29, 0.717) is 11.3 Å². The maximum absolute atomic E-state index is 13.3. The monoisotopic (exact) mass is 443 g/mol. The Morgan fingerprint density at radius 3 is 1.91 bits per heavy atom. The maximum Gasteiger partial charge on any atom is 0.268 e. The Bertz CT molecular complexity index is 1000. The number of carbonyl (C=O) groups excluding carboxylic acids is 2.